The topological polar surface area (TPSA) is 145 Å². The predicted octanol–water partition coefficient (Wildman–Crippen LogP) is 0.694. The number of aliphatic hydroxyl groups excluding tert-OH is 2. The number of nitrogens with zero attached hydrogens (tertiary/aromatic N) is 5. The van der Waals surface area contributed by atoms with E-state index >= 15 is 0 Å². The molecule has 0 bridgehead atoms. The molecule has 2 atom stereocenters. The lowest BCUT2D eigenvalue weighted by Crippen LogP contribution is -2.21. The van der Waals surface area contributed by atoms with Crippen LogP contribution in [0.25, 0.3) is 10.4 Å². The molecule has 2 N–H and O–H groups in total. The van der Waals surface area contributed by atoms with E-state index in [1.807, 2.05) is 0 Å². The van der Waals surface area contributed by atoms with Crippen molar-refractivity contribution in [3.05, 3.63) is 44.5 Å². The average molecular weight is 239 g/mol. The Hall–Kier alpha value is -2.22. The van der Waals surface area contributed by atoms with Gasteiger partial charge < -0.3 is 20.3 Å². The zero-order valence-corrected chi connectivity index (χ0v) is 8.54. The van der Waals surface area contributed by atoms with E-state index in [1.54, 1.807) is 0 Å². The molecule has 0 radical (unpaired) electrons. The number of pyridine rings is 1. The first kappa shape index (κ1) is 12.8. The van der Waals surface area contributed by atoms with Gasteiger partial charge in [-0.3, -0.25) is 0 Å². The first-order valence-corrected chi connectivity index (χ1v) is 4.53. The van der Waals surface area contributed by atoms with Gasteiger partial charge in [-0.15, -0.1) is 0 Å². The highest BCUT2D eigenvalue weighted by Gasteiger charge is 2.20. The van der Waals surface area contributed by atoms with Crippen LogP contribution in [0.15, 0.2) is 23.4 Å². The molecule has 0 aliphatic rings. The number of nitro groups is 1. The Balaban J connectivity index is 2.78. The van der Waals surface area contributed by atoms with E-state index < -0.39 is 17.1 Å². The van der Waals surface area contributed by atoms with Gasteiger partial charge in [0.05, 0.1) is 12.6 Å². The van der Waals surface area contributed by atoms with Crippen molar-refractivity contribution < 1.29 is 15.1 Å². The van der Waals surface area contributed by atoms with Crippen molar-refractivity contribution >= 4 is 5.82 Å². The van der Waals surface area contributed by atoms with E-state index in [-0.39, 0.29) is 17.9 Å². The summed E-state index contributed by atoms with van der Waals surface area (Å²) >= 11 is 0. The summed E-state index contributed by atoms with van der Waals surface area (Å²) in [6.07, 6.45) is -1.51. The van der Waals surface area contributed by atoms with Crippen molar-refractivity contribution in [2.75, 3.05) is 6.54 Å². The number of hydrogen-bond acceptors (Lipinski definition) is 6. The molecule has 90 valence electrons. The summed E-state index contributed by atoms with van der Waals surface area (Å²) in [5.41, 5.74) is 8.25. The first-order valence-electron chi connectivity index (χ1n) is 4.53. The monoisotopic (exact) mass is 239 g/mol. The van der Waals surface area contributed by atoms with Crippen molar-refractivity contribution in [3.8, 4) is 0 Å². The molecule has 9 nitrogen and oxygen atoms in total. The summed E-state index contributed by atoms with van der Waals surface area (Å²) in [4.78, 5) is 15.6. The summed E-state index contributed by atoms with van der Waals surface area (Å²) in [6.45, 7) is -0.297. The van der Waals surface area contributed by atoms with Gasteiger partial charge >= 0.3 is 5.82 Å². The van der Waals surface area contributed by atoms with Gasteiger partial charge in [-0.25, -0.2) is 0 Å². The fourth-order valence-electron chi connectivity index (χ4n) is 1.12. The maximum absolute atomic E-state index is 10.3. The van der Waals surface area contributed by atoms with E-state index in [0.717, 1.165) is 12.3 Å². The third-order valence-corrected chi connectivity index (χ3v) is 2.00. The smallest absolute Gasteiger partial charge is 0.363 e. The molecule has 0 fully saturated rings. The van der Waals surface area contributed by atoms with Crippen LogP contribution < -0.4 is 0 Å². The standard InChI is InChI=1S/C8H9N5O4/c9-12-11-4-6(14)8(15)5-1-2-7(10-3-5)13(16)17/h1-3,6,8,14-15H,4H2. The van der Waals surface area contributed by atoms with Gasteiger partial charge in [0, 0.05) is 16.5 Å². The van der Waals surface area contributed by atoms with Crippen molar-refractivity contribution in [3.63, 3.8) is 0 Å². The summed E-state index contributed by atoms with van der Waals surface area (Å²) < 4.78 is 0. The molecule has 0 amide bonds. The lowest BCUT2D eigenvalue weighted by atomic mass is 10.1. The minimum absolute atomic E-state index is 0.205. The maximum Gasteiger partial charge on any atom is 0.363 e. The number of hydrogen-bond donors (Lipinski definition) is 2. The van der Waals surface area contributed by atoms with Crippen molar-refractivity contribution in [1.82, 2.24) is 4.98 Å². The van der Waals surface area contributed by atoms with E-state index in [2.05, 4.69) is 15.0 Å². The number of rotatable bonds is 5. The van der Waals surface area contributed by atoms with Crippen LogP contribution in [0.1, 0.15) is 11.7 Å². The van der Waals surface area contributed by atoms with E-state index in [1.165, 1.54) is 6.07 Å². The van der Waals surface area contributed by atoms with Crippen LogP contribution in [0.2, 0.25) is 0 Å². The van der Waals surface area contributed by atoms with Crippen LogP contribution >= 0.6 is 0 Å². The Morgan fingerprint density at radius 3 is 2.76 bits per heavy atom. The molecule has 0 aliphatic heterocycles. The van der Waals surface area contributed by atoms with Crippen molar-refractivity contribution in [2.45, 2.75) is 12.2 Å². The van der Waals surface area contributed by atoms with Crippen molar-refractivity contribution in [1.29, 1.82) is 0 Å². The Bertz CT molecular complexity index is 442. The SMILES string of the molecule is [N-]=[N+]=NCC(O)C(O)c1ccc([N+](=O)[O-])nc1. The molecular formula is C8H9N5O4. The lowest BCUT2D eigenvalue weighted by Gasteiger charge is -2.14. The molecule has 0 spiro atoms. The normalized spacial score (nSPS) is 13.5. The predicted molar refractivity (Wildman–Crippen MR) is 55.9 cm³/mol. The van der Waals surface area contributed by atoms with E-state index in [0.29, 0.717) is 0 Å². The number of azide groups is 1. The molecule has 17 heavy (non-hydrogen) atoms. The average Bonchev–Trinajstić information content (AvgIpc) is 2.35. The zero-order valence-electron chi connectivity index (χ0n) is 8.54. The Kier molecular flexibility index (Phi) is 4.35. The van der Waals surface area contributed by atoms with Crippen LogP contribution in [-0.4, -0.2) is 32.8 Å². The van der Waals surface area contributed by atoms with Crippen molar-refractivity contribution in [2.24, 2.45) is 5.11 Å². The minimum atomic E-state index is -1.31. The number of aromatic nitrogens is 1. The maximum atomic E-state index is 10.3. The molecule has 1 rings (SSSR count). The molecule has 2 unspecified atom stereocenters. The highest BCUT2D eigenvalue weighted by Crippen LogP contribution is 2.18. The van der Waals surface area contributed by atoms with Crippen LogP contribution in [0.3, 0.4) is 0 Å². The van der Waals surface area contributed by atoms with Gasteiger partial charge in [-0.05, 0) is 21.5 Å². The summed E-state index contributed by atoms with van der Waals surface area (Å²) in [5, 5.41) is 32.4. The molecule has 1 aromatic rings. The lowest BCUT2D eigenvalue weighted by molar-refractivity contribution is -0.389. The van der Waals surface area contributed by atoms with Crippen LogP contribution in [0.5, 0.6) is 0 Å². The Morgan fingerprint density at radius 2 is 2.29 bits per heavy atom. The largest absolute Gasteiger partial charge is 0.390 e. The molecular weight excluding hydrogens is 230 g/mol. The summed E-state index contributed by atoms with van der Waals surface area (Å²) in [7, 11) is 0. The van der Waals surface area contributed by atoms with Gasteiger partial charge in [-0.2, -0.15) is 0 Å². The highest BCUT2D eigenvalue weighted by atomic mass is 16.6. The summed E-state index contributed by atoms with van der Waals surface area (Å²) in [6, 6.07) is 2.38. The molecule has 0 saturated carbocycles. The quantitative estimate of drug-likeness (QED) is 0.255. The fourth-order valence-corrected chi connectivity index (χ4v) is 1.12. The minimum Gasteiger partial charge on any atom is -0.390 e. The van der Waals surface area contributed by atoms with Gasteiger partial charge in [0.25, 0.3) is 0 Å². The molecule has 0 saturated heterocycles. The first-order chi connectivity index (χ1) is 8.06. The van der Waals surface area contributed by atoms with Gasteiger partial charge in [-0.1, -0.05) is 5.11 Å². The van der Waals surface area contributed by atoms with Gasteiger partial charge in [0.1, 0.15) is 12.3 Å². The van der Waals surface area contributed by atoms with E-state index in [9.17, 15) is 20.3 Å². The fraction of sp³-hybridized carbons (Fsp3) is 0.375. The second-order valence-corrected chi connectivity index (χ2v) is 3.13. The zero-order chi connectivity index (χ0) is 12.8. The Morgan fingerprint density at radius 1 is 1.59 bits per heavy atom. The molecule has 1 heterocycles. The van der Waals surface area contributed by atoms with Crippen LogP contribution in [0.4, 0.5) is 5.82 Å². The molecule has 9 heteroatoms. The third-order valence-electron chi connectivity index (χ3n) is 2.00. The second-order valence-electron chi connectivity index (χ2n) is 3.13. The third kappa shape index (κ3) is 3.38. The van der Waals surface area contributed by atoms with Crippen LogP contribution in [-0.2, 0) is 0 Å². The molecule has 0 aromatic carbocycles. The molecule has 1 aromatic heterocycles. The molecule has 0 aliphatic carbocycles. The van der Waals surface area contributed by atoms with Gasteiger partial charge in [0.2, 0.25) is 0 Å². The number of aliphatic hydroxyl groups is 2. The van der Waals surface area contributed by atoms with Gasteiger partial charge in [0.15, 0.2) is 0 Å². The Labute approximate surface area is 95.1 Å². The highest BCUT2D eigenvalue weighted by molar-refractivity contribution is 5.24. The summed E-state index contributed by atoms with van der Waals surface area (Å²) in [5.74, 6) is -0.356. The van der Waals surface area contributed by atoms with E-state index in [4.69, 9.17) is 5.53 Å². The second kappa shape index (κ2) is 5.75. The van der Waals surface area contributed by atoms with Crippen LogP contribution in [0, 0.1) is 10.1 Å².